The largest absolute Gasteiger partial charge is 0.417 e. The molecule has 1 fully saturated rings. The van der Waals surface area contributed by atoms with Crippen LogP contribution in [0, 0.1) is 0 Å². The van der Waals surface area contributed by atoms with Crippen molar-refractivity contribution < 1.29 is 17.9 Å². The summed E-state index contributed by atoms with van der Waals surface area (Å²) in [5, 5.41) is 0.0129. The Bertz CT molecular complexity index is 439. The summed E-state index contributed by atoms with van der Waals surface area (Å²) in [5.74, 6) is 0.375. The van der Waals surface area contributed by atoms with Crippen molar-refractivity contribution in [2.75, 3.05) is 24.6 Å². The molecule has 0 amide bonds. The molecule has 0 N–H and O–H groups in total. The number of ether oxygens (including phenoxy) is 1. The first kappa shape index (κ1) is 13.4. The molecular weight excluding hydrogens is 269 g/mol. The Morgan fingerprint density at radius 2 is 2.22 bits per heavy atom. The van der Waals surface area contributed by atoms with E-state index in [1.165, 1.54) is 0 Å². The topological polar surface area (TPSA) is 25.4 Å². The lowest BCUT2D eigenvalue weighted by Gasteiger charge is -2.32. The highest BCUT2D eigenvalue weighted by Gasteiger charge is 2.32. The molecule has 1 aromatic rings. The van der Waals surface area contributed by atoms with Crippen LogP contribution in [0.4, 0.5) is 19.0 Å². The summed E-state index contributed by atoms with van der Waals surface area (Å²) in [5.41, 5.74) is -0.836. The second-order valence-electron chi connectivity index (χ2n) is 4.15. The predicted octanol–water partition coefficient (Wildman–Crippen LogP) is 2.98. The monoisotopic (exact) mass is 280 g/mol. The average Bonchev–Trinajstić information content (AvgIpc) is 2.27. The van der Waals surface area contributed by atoms with E-state index >= 15 is 0 Å². The number of aromatic nitrogens is 1. The lowest BCUT2D eigenvalue weighted by molar-refractivity contribution is -0.137. The second kappa shape index (κ2) is 4.93. The fourth-order valence-corrected chi connectivity index (χ4v) is 2.12. The van der Waals surface area contributed by atoms with Gasteiger partial charge in [0.2, 0.25) is 0 Å². The molecule has 0 spiro atoms. The summed E-state index contributed by atoms with van der Waals surface area (Å²) in [6, 6.07) is 0.907. The molecule has 1 aliphatic heterocycles. The van der Waals surface area contributed by atoms with Gasteiger partial charge in [0, 0.05) is 19.3 Å². The van der Waals surface area contributed by atoms with Crippen molar-refractivity contribution >= 4 is 17.4 Å². The van der Waals surface area contributed by atoms with Crippen LogP contribution in [-0.4, -0.2) is 30.8 Å². The van der Waals surface area contributed by atoms with Gasteiger partial charge >= 0.3 is 6.18 Å². The highest BCUT2D eigenvalue weighted by Crippen LogP contribution is 2.33. The minimum atomic E-state index is -4.42. The Morgan fingerprint density at radius 3 is 2.78 bits per heavy atom. The number of nitrogens with zero attached hydrogens (tertiary/aromatic N) is 2. The van der Waals surface area contributed by atoms with Gasteiger partial charge < -0.3 is 9.64 Å². The third-order valence-electron chi connectivity index (χ3n) is 2.69. The van der Waals surface area contributed by atoms with E-state index in [9.17, 15) is 13.2 Å². The quantitative estimate of drug-likeness (QED) is 0.791. The molecule has 1 unspecified atom stereocenters. The molecule has 0 bridgehead atoms. The van der Waals surface area contributed by atoms with Crippen molar-refractivity contribution in [2.45, 2.75) is 19.2 Å². The maximum absolute atomic E-state index is 12.5. The molecule has 0 aromatic carbocycles. The van der Waals surface area contributed by atoms with Crippen molar-refractivity contribution in [3.8, 4) is 0 Å². The molecular formula is C11H12ClF3N2O. The van der Waals surface area contributed by atoms with Crippen molar-refractivity contribution in [2.24, 2.45) is 0 Å². The first-order valence-electron chi connectivity index (χ1n) is 5.47. The lowest BCUT2D eigenvalue weighted by atomic mass is 10.2. The third kappa shape index (κ3) is 2.87. The van der Waals surface area contributed by atoms with E-state index in [0.29, 0.717) is 25.5 Å². The number of halogens is 4. The molecule has 2 heterocycles. The summed E-state index contributed by atoms with van der Waals surface area (Å²) in [4.78, 5) is 5.65. The van der Waals surface area contributed by atoms with E-state index in [1.54, 1.807) is 0 Å². The Balaban J connectivity index is 2.24. The minimum absolute atomic E-state index is 0.0129. The molecule has 0 radical (unpaired) electrons. The average molecular weight is 281 g/mol. The minimum Gasteiger partial charge on any atom is -0.375 e. The molecule has 7 heteroatoms. The fraction of sp³-hybridized carbons (Fsp3) is 0.545. The highest BCUT2D eigenvalue weighted by molar-refractivity contribution is 6.33. The number of pyridine rings is 1. The number of anilines is 1. The third-order valence-corrected chi connectivity index (χ3v) is 2.97. The van der Waals surface area contributed by atoms with Gasteiger partial charge in [-0.1, -0.05) is 11.6 Å². The van der Waals surface area contributed by atoms with Gasteiger partial charge in [-0.25, -0.2) is 4.98 Å². The van der Waals surface area contributed by atoms with E-state index in [1.807, 2.05) is 11.8 Å². The first-order valence-corrected chi connectivity index (χ1v) is 5.85. The Morgan fingerprint density at radius 1 is 1.50 bits per heavy atom. The van der Waals surface area contributed by atoms with Gasteiger partial charge in [0.05, 0.1) is 23.3 Å². The SMILES string of the molecule is CC1CN(c2ncc(C(F)(F)F)cc2Cl)CCO1. The Hall–Kier alpha value is -1.01. The molecule has 1 saturated heterocycles. The summed E-state index contributed by atoms with van der Waals surface area (Å²) in [6.07, 6.45) is -3.60. The van der Waals surface area contributed by atoms with Crippen LogP contribution in [0.3, 0.4) is 0 Å². The van der Waals surface area contributed by atoms with Crippen LogP contribution in [0.1, 0.15) is 12.5 Å². The van der Waals surface area contributed by atoms with Gasteiger partial charge in [-0.3, -0.25) is 0 Å². The van der Waals surface area contributed by atoms with E-state index in [0.717, 1.165) is 12.3 Å². The number of hydrogen-bond acceptors (Lipinski definition) is 3. The van der Waals surface area contributed by atoms with E-state index in [4.69, 9.17) is 16.3 Å². The molecule has 100 valence electrons. The van der Waals surface area contributed by atoms with Gasteiger partial charge in [-0.05, 0) is 13.0 Å². The second-order valence-corrected chi connectivity index (χ2v) is 4.56. The summed E-state index contributed by atoms with van der Waals surface area (Å²) in [7, 11) is 0. The van der Waals surface area contributed by atoms with Crippen LogP contribution in [-0.2, 0) is 10.9 Å². The van der Waals surface area contributed by atoms with Crippen LogP contribution < -0.4 is 4.90 Å². The predicted molar refractivity (Wildman–Crippen MR) is 61.9 cm³/mol. The van der Waals surface area contributed by atoms with E-state index < -0.39 is 11.7 Å². The Labute approximate surface area is 108 Å². The number of morpholine rings is 1. The maximum Gasteiger partial charge on any atom is 0.417 e. The molecule has 1 atom stereocenters. The van der Waals surface area contributed by atoms with Crippen molar-refractivity contribution in [1.82, 2.24) is 4.98 Å². The molecule has 2 rings (SSSR count). The van der Waals surface area contributed by atoms with Crippen LogP contribution in [0.2, 0.25) is 5.02 Å². The van der Waals surface area contributed by atoms with Crippen molar-refractivity contribution in [3.63, 3.8) is 0 Å². The molecule has 1 aromatic heterocycles. The van der Waals surface area contributed by atoms with Gasteiger partial charge in [0.1, 0.15) is 5.82 Å². The van der Waals surface area contributed by atoms with Crippen LogP contribution in [0.15, 0.2) is 12.3 Å². The first-order chi connectivity index (χ1) is 8.38. The highest BCUT2D eigenvalue weighted by atomic mass is 35.5. The lowest BCUT2D eigenvalue weighted by Crippen LogP contribution is -2.41. The van der Waals surface area contributed by atoms with Crippen LogP contribution >= 0.6 is 11.6 Å². The number of rotatable bonds is 1. The van der Waals surface area contributed by atoms with Gasteiger partial charge in [-0.15, -0.1) is 0 Å². The van der Waals surface area contributed by atoms with Crippen molar-refractivity contribution in [1.29, 1.82) is 0 Å². The normalized spacial score (nSPS) is 21.2. The molecule has 0 saturated carbocycles. The van der Waals surface area contributed by atoms with Gasteiger partial charge in [0.15, 0.2) is 0 Å². The smallest absolute Gasteiger partial charge is 0.375 e. The zero-order valence-electron chi connectivity index (χ0n) is 9.67. The van der Waals surface area contributed by atoms with Crippen LogP contribution in [0.25, 0.3) is 0 Å². The summed E-state index contributed by atoms with van der Waals surface area (Å²) in [6.45, 7) is 3.55. The summed E-state index contributed by atoms with van der Waals surface area (Å²) >= 11 is 5.87. The number of alkyl halides is 3. The van der Waals surface area contributed by atoms with Crippen LogP contribution in [0.5, 0.6) is 0 Å². The maximum atomic E-state index is 12.5. The molecule has 0 aliphatic carbocycles. The zero-order chi connectivity index (χ0) is 13.3. The molecule has 18 heavy (non-hydrogen) atoms. The number of hydrogen-bond donors (Lipinski definition) is 0. The van der Waals surface area contributed by atoms with Gasteiger partial charge in [0.25, 0.3) is 0 Å². The van der Waals surface area contributed by atoms with E-state index in [2.05, 4.69) is 4.98 Å². The summed E-state index contributed by atoms with van der Waals surface area (Å²) < 4.78 is 42.8. The fourth-order valence-electron chi connectivity index (χ4n) is 1.83. The van der Waals surface area contributed by atoms with E-state index in [-0.39, 0.29) is 11.1 Å². The zero-order valence-corrected chi connectivity index (χ0v) is 10.4. The standard InChI is InChI=1S/C11H12ClF3N2O/c1-7-6-17(2-3-18-7)10-9(12)4-8(5-16-10)11(13,14)15/h4-5,7H,2-3,6H2,1H3. The molecule has 3 nitrogen and oxygen atoms in total. The molecule has 1 aliphatic rings. The Kier molecular flexibility index (Phi) is 3.68. The van der Waals surface area contributed by atoms with Gasteiger partial charge in [-0.2, -0.15) is 13.2 Å². The van der Waals surface area contributed by atoms with Crippen molar-refractivity contribution in [3.05, 3.63) is 22.8 Å².